The number of hydrogen-bond donors (Lipinski definition) is 2. The van der Waals surface area contributed by atoms with Gasteiger partial charge in [0.15, 0.2) is 0 Å². The van der Waals surface area contributed by atoms with Crippen molar-refractivity contribution < 1.29 is 10.4 Å². The molecule has 0 aliphatic heterocycles. The van der Waals surface area contributed by atoms with Crippen LogP contribution in [0.5, 0.6) is 0 Å². The summed E-state index contributed by atoms with van der Waals surface area (Å²) in [5.74, 6) is 2.17. The Morgan fingerprint density at radius 1 is 0.913 bits per heavy atom. The molecule has 3 fully saturated rings. The summed E-state index contributed by atoms with van der Waals surface area (Å²) >= 11 is 0. The third kappa shape index (κ3) is 1.96. The smallest absolute Gasteiger partial charge is 0.0795 e. The fraction of sp³-hybridized carbons (Fsp3) is 0.789. The Labute approximate surface area is 138 Å². The first-order chi connectivity index (χ1) is 11.0. The van der Waals surface area contributed by atoms with Crippen LogP contribution in [-0.2, 0) is 0 Å². The number of allylic oxidation sites excluding steroid dienone is 2. The van der Waals surface area contributed by atoms with Gasteiger partial charge in [0, 0.05) is 5.41 Å². The number of nitrogens with zero attached hydrogens (tertiary/aromatic N) is 2. The number of oxime groups is 2. The van der Waals surface area contributed by atoms with Crippen LogP contribution in [0.25, 0.3) is 0 Å². The maximum Gasteiger partial charge on any atom is 0.0795 e. The Morgan fingerprint density at radius 3 is 2.43 bits per heavy atom. The minimum atomic E-state index is 0.125. The van der Waals surface area contributed by atoms with Crippen molar-refractivity contribution in [3.63, 3.8) is 0 Å². The zero-order valence-electron chi connectivity index (χ0n) is 14.3. The quantitative estimate of drug-likeness (QED) is 0.506. The number of fused-ring (bicyclic) bond motifs is 5. The Kier molecular flexibility index (Phi) is 3.37. The second kappa shape index (κ2) is 5.09. The van der Waals surface area contributed by atoms with Gasteiger partial charge in [0.1, 0.15) is 0 Å². The molecule has 126 valence electrons. The highest BCUT2D eigenvalue weighted by Crippen LogP contribution is 2.64. The highest BCUT2D eigenvalue weighted by atomic mass is 16.4. The summed E-state index contributed by atoms with van der Waals surface area (Å²) in [6.45, 7) is 4.78. The van der Waals surface area contributed by atoms with E-state index in [0.717, 1.165) is 55.4 Å². The lowest BCUT2D eigenvalue weighted by Crippen LogP contribution is -2.50. The fourth-order valence-corrected chi connectivity index (χ4v) is 6.60. The molecule has 5 atom stereocenters. The largest absolute Gasteiger partial charge is 0.411 e. The van der Waals surface area contributed by atoms with E-state index in [1.807, 2.05) is 0 Å². The van der Waals surface area contributed by atoms with Crippen molar-refractivity contribution in [2.24, 2.45) is 38.9 Å². The zero-order chi connectivity index (χ0) is 16.2. The van der Waals surface area contributed by atoms with E-state index in [2.05, 4.69) is 30.2 Å². The van der Waals surface area contributed by atoms with E-state index >= 15 is 0 Å². The molecule has 5 unspecified atom stereocenters. The lowest BCUT2D eigenvalue weighted by atomic mass is 9.47. The van der Waals surface area contributed by atoms with E-state index in [9.17, 15) is 5.21 Å². The average molecular weight is 316 g/mol. The average Bonchev–Trinajstić information content (AvgIpc) is 2.90. The van der Waals surface area contributed by atoms with Crippen molar-refractivity contribution >= 4 is 11.4 Å². The molecule has 4 aliphatic rings. The van der Waals surface area contributed by atoms with Gasteiger partial charge in [-0.3, -0.25) is 0 Å². The van der Waals surface area contributed by atoms with E-state index in [1.165, 1.54) is 24.8 Å². The molecule has 4 aliphatic carbocycles. The van der Waals surface area contributed by atoms with Crippen LogP contribution >= 0.6 is 0 Å². The third-order valence-corrected chi connectivity index (χ3v) is 7.97. The van der Waals surface area contributed by atoms with Gasteiger partial charge in [0.25, 0.3) is 0 Å². The molecule has 0 amide bonds. The molecule has 4 nitrogen and oxygen atoms in total. The summed E-state index contributed by atoms with van der Waals surface area (Å²) in [7, 11) is 0. The topological polar surface area (TPSA) is 65.2 Å². The molecular formula is C19H28N2O2. The maximum absolute atomic E-state index is 9.40. The Bertz CT molecular complexity index is 608. The van der Waals surface area contributed by atoms with Crippen LogP contribution in [0.4, 0.5) is 0 Å². The van der Waals surface area contributed by atoms with Crippen molar-refractivity contribution in [3.8, 4) is 0 Å². The summed E-state index contributed by atoms with van der Waals surface area (Å²) in [6, 6.07) is 0. The van der Waals surface area contributed by atoms with E-state index < -0.39 is 0 Å². The SMILES string of the molecule is CC12CC/C(=N\O)C=C1CCC1C2CCC2(C)/C(=N/O)CCC12. The van der Waals surface area contributed by atoms with Gasteiger partial charge in [-0.15, -0.1) is 0 Å². The minimum Gasteiger partial charge on any atom is -0.411 e. The van der Waals surface area contributed by atoms with E-state index in [1.54, 1.807) is 0 Å². The van der Waals surface area contributed by atoms with Gasteiger partial charge in [-0.2, -0.15) is 0 Å². The highest BCUT2D eigenvalue weighted by Gasteiger charge is 2.58. The monoisotopic (exact) mass is 316 g/mol. The molecule has 4 rings (SSSR count). The van der Waals surface area contributed by atoms with Gasteiger partial charge in [0.05, 0.1) is 11.4 Å². The van der Waals surface area contributed by atoms with Crippen LogP contribution < -0.4 is 0 Å². The van der Waals surface area contributed by atoms with Crippen LogP contribution in [0.3, 0.4) is 0 Å². The molecule has 0 aromatic heterocycles. The first-order valence-corrected chi connectivity index (χ1v) is 9.16. The molecule has 23 heavy (non-hydrogen) atoms. The Hall–Kier alpha value is -1.32. The molecule has 0 saturated heterocycles. The predicted octanol–water partition coefficient (Wildman–Crippen LogP) is 4.61. The van der Waals surface area contributed by atoms with Crippen LogP contribution in [0, 0.1) is 28.6 Å². The fourth-order valence-electron chi connectivity index (χ4n) is 6.60. The second-order valence-electron chi connectivity index (χ2n) is 8.64. The molecule has 3 saturated carbocycles. The lowest BCUT2D eigenvalue weighted by Gasteiger charge is -2.57. The third-order valence-electron chi connectivity index (χ3n) is 7.97. The molecule has 0 bridgehead atoms. The van der Waals surface area contributed by atoms with Gasteiger partial charge < -0.3 is 10.4 Å². The number of hydrogen-bond acceptors (Lipinski definition) is 4. The molecule has 2 N–H and O–H groups in total. The summed E-state index contributed by atoms with van der Waals surface area (Å²) in [4.78, 5) is 0. The summed E-state index contributed by atoms with van der Waals surface area (Å²) in [6.07, 6.45) is 11.1. The highest BCUT2D eigenvalue weighted by molar-refractivity contribution is 5.96. The molecule has 4 heteroatoms. The van der Waals surface area contributed by atoms with Crippen LogP contribution in [0.15, 0.2) is 22.0 Å². The first-order valence-electron chi connectivity index (χ1n) is 9.16. The van der Waals surface area contributed by atoms with Crippen molar-refractivity contribution in [2.45, 2.75) is 65.2 Å². The molecule has 0 aromatic rings. The van der Waals surface area contributed by atoms with Crippen LogP contribution in [-0.4, -0.2) is 21.8 Å². The molecule has 0 heterocycles. The first kappa shape index (κ1) is 15.2. The van der Waals surface area contributed by atoms with Gasteiger partial charge >= 0.3 is 0 Å². The van der Waals surface area contributed by atoms with E-state index in [4.69, 9.17) is 5.21 Å². The van der Waals surface area contributed by atoms with Gasteiger partial charge in [-0.1, -0.05) is 29.7 Å². The predicted molar refractivity (Wildman–Crippen MR) is 90.1 cm³/mol. The molecular weight excluding hydrogens is 288 g/mol. The number of rotatable bonds is 0. The van der Waals surface area contributed by atoms with E-state index in [-0.39, 0.29) is 10.8 Å². The van der Waals surface area contributed by atoms with Gasteiger partial charge in [-0.25, -0.2) is 0 Å². The van der Waals surface area contributed by atoms with Crippen molar-refractivity contribution in [2.75, 3.05) is 0 Å². The van der Waals surface area contributed by atoms with Gasteiger partial charge in [0.2, 0.25) is 0 Å². The van der Waals surface area contributed by atoms with E-state index in [0.29, 0.717) is 5.92 Å². The lowest BCUT2D eigenvalue weighted by molar-refractivity contribution is -0.0160. The molecule has 0 radical (unpaired) electrons. The molecule has 0 spiro atoms. The second-order valence-corrected chi connectivity index (χ2v) is 8.64. The maximum atomic E-state index is 9.40. The van der Waals surface area contributed by atoms with Crippen LogP contribution in [0.1, 0.15) is 65.2 Å². The summed E-state index contributed by atoms with van der Waals surface area (Å²) in [5.41, 5.74) is 3.81. The van der Waals surface area contributed by atoms with Crippen LogP contribution in [0.2, 0.25) is 0 Å². The summed E-state index contributed by atoms with van der Waals surface area (Å²) < 4.78 is 0. The van der Waals surface area contributed by atoms with Gasteiger partial charge in [-0.05, 0) is 80.6 Å². The van der Waals surface area contributed by atoms with Crippen molar-refractivity contribution in [1.29, 1.82) is 0 Å². The van der Waals surface area contributed by atoms with Crippen molar-refractivity contribution in [3.05, 3.63) is 11.6 Å². The Morgan fingerprint density at radius 2 is 1.70 bits per heavy atom. The minimum absolute atomic E-state index is 0.125. The zero-order valence-corrected chi connectivity index (χ0v) is 14.3. The Balaban J connectivity index is 1.68. The van der Waals surface area contributed by atoms with Crippen molar-refractivity contribution in [1.82, 2.24) is 0 Å². The summed E-state index contributed by atoms with van der Waals surface area (Å²) in [5, 5.41) is 25.6. The standard InChI is InChI=1S/C19H28N2O2/c1-18-9-7-13(20-22)11-12(18)3-4-14-15-5-6-17(21-23)19(15,2)10-8-16(14)18/h11,14-16,22-23H,3-10H2,1-2H3/b20-13+,21-17+. The molecule has 0 aromatic carbocycles. The normalized spacial score (nSPS) is 49.5.